The van der Waals surface area contributed by atoms with E-state index < -0.39 is 0 Å². The first kappa shape index (κ1) is 17.3. The first-order valence-electron chi connectivity index (χ1n) is 8.09. The van der Waals surface area contributed by atoms with Crippen molar-refractivity contribution < 1.29 is 9.59 Å². The van der Waals surface area contributed by atoms with E-state index in [0.29, 0.717) is 11.4 Å². The molecule has 6 nitrogen and oxygen atoms in total. The number of aromatic nitrogens is 2. The third kappa shape index (κ3) is 4.30. The minimum Gasteiger partial charge on any atom is -0.340 e. The van der Waals surface area contributed by atoms with Gasteiger partial charge in [-0.15, -0.1) is 0 Å². The van der Waals surface area contributed by atoms with Crippen LogP contribution < -0.4 is 10.6 Å². The number of hydrogen-bond donors (Lipinski definition) is 2. The zero-order chi connectivity index (χ0) is 18.5. The maximum Gasteiger partial charge on any atom is 0.221 e. The molecule has 0 aliphatic heterocycles. The molecule has 0 spiro atoms. The molecule has 0 fully saturated rings. The molecular weight excluding hydrogens is 328 g/mol. The minimum absolute atomic E-state index is 0.0125. The molecule has 3 rings (SSSR count). The highest BCUT2D eigenvalue weighted by Gasteiger charge is 2.06. The number of benzene rings is 2. The van der Waals surface area contributed by atoms with Gasteiger partial charge in [0.2, 0.25) is 5.91 Å². The van der Waals surface area contributed by atoms with Gasteiger partial charge in [0.25, 0.3) is 0 Å². The fourth-order valence-electron chi connectivity index (χ4n) is 2.47. The van der Waals surface area contributed by atoms with Gasteiger partial charge < -0.3 is 10.6 Å². The molecule has 3 aromatic rings. The molecule has 0 aliphatic carbocycles. The molecule has 1 heterocycles. The summed E-state index contributed by atoms with van der Waals surface area (Å²) in [6.07, 6.45) is 1.48. The SMILES string of the molecule is CC(=O)Nc1ccc(Nc2cc(-c3cccc(C(C)=O)c3)ncn2)cc1. The number of hydrogen-bond acceptors (Lipinski definition) is 5. The predicted octanol–water partition coefficient (Wildman–Crippen LogP) is 4.05. The lowest BCUT2D eigenvalue weighted by Crippen LogP contribution is -2.05. The highest BCUT2D eigenvalue weighted by atomic mass is 16.1. The number of nitrogens with zero attached hydrogens (tertiary/aromatic N) is 2. The van der Waals surface area contributed by atoms with Gasteiger partial charge in [0.15, 0.2) is 5.78 Å². The lowest BCUT2D eigenvalue weighted by Gasteiger charge is -2.09. The number of rotatable bonds is 5. The van der Waals surface area contributed by atoms with Gasteiger partial charge in [-0.2, -0.15) is 0 Å². The number of anilines is 3. The maximum atomic E-state index is 11.6. The Kier molecular flexibility index (Phi) is 5.03. The molecule has 0 aliphatic rings. The Balaban J connectivity index is 1.80. The van der Waals surface area contributed by atoms with E-state index >= 15 is 0 Å². The van der Waals surface area contributed by atoms with Crippen LogP contribution in [-0.2, 0) is 4.79 Å². The second kappa shape index (κ2) is 7.57. The van der Waals surface area contributed by atoms with E-state index in [1.165, 1.54) is 20.2 Å². The number of amides is 1. The summed E-state index contributed by atoms with van der Waals surface area (Å²) in [7, 11) is 0. The molecule has 0 bridgehead atoms. The fraction of sp³-hybridized carbons (Fsp3) is 0.100. The van der Waals surface area contributed by atoms with Crippen molar-refractivity contribution >= 4 is 28.9 Å². The standard InChI is InChI=1S/C20H18N4O2/c1-13(25)15-4-3-5-16(10-15)19-11-20(22-12-21-19)24-18-8-6-17(7-9-18)23-14(2)26/h3-12H,1-2H3,(H,23,26)(H,21,22,24). The summed E-state index contributed by atoms with van der Waals surface area (Å²) < 4.78 is 0. The Hall–Kier alpha value is -3.54. The minimum atomic E-state index is -0.112. The van der Waals surface area contributed by atoms with Crippen molar-refractivity contribution in [3.63, 3.8) is 0 Å². The molecule has 0 atom stereocenters. The van der Waals surface area contributed by atoms with E-state index in [1.807, 2.05) is 48.5 Å². The molecule has 6 heteroatoms. The van der Waals surface area contributed by atoms with E-state index in [0.717, 1.165) is 22.6 Å². The fourth-order valence-corrected chi connectivity index (χ4v) is 2.47. The number of ketones is 1. The third-order valence-corrected chi connectivity index (χ3v) is 3.71. The van der Waals surface area contributed by atoms with Crippen molar-refractivity contribution in [3.05, 3.63) is 66.5 Å². The molecule has 0 saturated heterocycles. The second-order valence-electron chi connectivity index (χ2n) is 5.81. The lowest BCUT2D eigenvalue weighted by atomic mass is 10.1. The van der Waals surface area contributed by atoms with Crippen molar-refractivity contribution in [2.45, 2.75) is 13.8 Å². The van der Waals surface area contributed by atoms with Crippen molar-refractivity contribution in [1.29, 1.82) is 0 Å². The molecule has 0 radical (unpaired) electrons. The van der Waals surface area contributed by atoms with Crippen LogP contribution in [0.25, 0.3) is 11.3 Å². The third-order valence-electron chi connectivity index (χ3n) is 3.71. The molecule has 1 amide bonds. The Morgan fingerprint density at radius 1 is 0.885 bits per heavy atom. The summed E-state index contributed by atoms with van der Waals surface area (Å²) in [5.41, 5.74) is 3.78. The van der Waals surface area contributed by atoms with Crippen molar-refractivity contribution in [2.75, 3.05) is 10.6 Å². The highest BCUT2D eigenvalue weighted by Crippen LogP contribution is 2.23. The molecule has 1 aromatic heterocycles. The van der Waals surface area contributed by atoms with E-state index in [9.17, 15) is 9.59 Å². The van der Waals surface area contributed by atoms with E-state index in [1.54, 1.807) is 6.07 Å². The van der Waals surface area contributed by atoms with Crippen LogP contribution >= 0.6 is 0 Å². The zero-order valence-corrected chi connectivity index (χ0v) is 14.5. The number of nitrogens with one attached hydrogen (secondary N) is 2. The summed E-state index contributed by atoms with van der Waals surface area (Å²) >= 11 is 0. The Labute approximate surface area is 151 Å². The normalized spacial score (nSPS) is 10.2. The van der Waals surface area contributed by atoms with Gasteiger partial charge in [-0.05, 0) is 37.3 Å². The molecule has 26 heavy (non-hydrogen) atoms. The molecule has 0 unspecified atom stereocenters. The average molecular weight is 346 g/mol. The van der Waals surface area contributed by atoms with Crippen LogP contribution in [0.2, 0.25) is 0 Å². The van der Waals surface area contributed by atoms with Gasteiger partial charge in [0.1, 0.15) is 12.1 Å². The molecule has 130 valence electrons. The maximum absolute atomic E-state index is 11.6. The molecular formula is C20H18N4O2. The molecule has 2 N–H and O–H groups in total. The Bertz CT molecular complexity index is 952. The second-order valence-corrected chi connectivity index (χ2v) is 5.81. The van der Waals surface area contributed by atoms with Gasteiger partial charge in [-0.25, -0.2) is 9.97 Å². The smallest absolute Gasteiger partial charge is 0.221 e. The van der Waals surface area contributed by atoms with Crippen LogP contribution in [0.15, 0.2) is 60.9 Å². The van der Waals surface area contributed by atoms with Crippen LogP contribution in [0.1, 0.15) is 24.2 Å². The van der Waals surface area contributed by atoms with Crippen molar-refractivity contribution in [2.24, 2.45) is 0 Å². The molecule has 2 aromatic carbocycles. The Morgan fingerprint density at radius 2 is 1.62 bits per heavy atom. The largest absolute Gasteiger partial charge is 0.340 e. The zero-order valence-electron chi connectivity index (χ0n) is 14.5. The number of Topliss-reactive ketones (excluding diaryl/α,β-unsaturated/α-hetero) is 1. The first-order valence-corrected chi connectivity index (χ1v) is 8.09. The van der Waals surface area contributed by atoms with Gasteiger partial charge >= 0.3 is 0 Å². The monoisotopic (exact) mass is 346 g/mol. The summed E-state index contributed by atoms with van der Waals surface area (Å²) in [4.78, 5) is 31.1. The van der Waals surface area contributed by atoms with Gasteiger partial charge in [-0.3, -0.25) is 9.59 Å². The van der Waals surface area contributed by atoms with E-state index in [4.69, 9.17) is 0 Å². The quantitative estimate of drug-likeness (QED) is 0.681. The topological polar surface area (TPSA) is 84.0 Å². The number of carbonyl (C=O) groups excluding carboxylic acids is 2. The van der Waals surface area contributed by atoms with Crippen LogP contribution in [0.3, 0.4) is 0 Å². The lowest BCUT2D eigenvalue weighted by molar-refractivity contribution is -0.114. The Morgan fingerprint density at radius 3 is 2.31 bits per heavy atom. The van der Waals surface area contributed by atoms with Gasteiger partial charge in [0.05, 0.1) is 5.69 Å². The predicted molar refractivity (Wildman–Crippen MR) is 102 cm³/mol. The van der Waals surface area contributed by atoms with Crippen LogP contribution in [0.4, 0.5) is 17.2 Å². The summed E-state index contributed by atoms with van der Waals surface area (Å²) in [5, 5.41) is 5.92. The highest BCUT2D eigenvalue weighted by molar-refractivity contribution is 5.95. The summed E-state index contributed by atoms with van der Waals surface area (Å²) in [6, 6.07) is 16.5. The van der Waals surface area contributed by atoms with Gasteiger partial charge in [-0.1, -0.05) is 18.2 Å². The van der Waals surface area contributed by atoms with Crippen molar-refractivity contribution in [3.8, 4) is 11.3 Å². The first-order chi connectivity index (χ1) is 12.5. The number of carbonyl (C=O) groups is 2. The van der Waals surface area contributed by atoms with Crippen molar-refractivity contribution in [1.82, 2.24) is 9.97 Å². The van der Waals surface area contributed by atoms with E-state index in [2.05, 4.69) is 20.6 Å². The van der Waals surface area contributed by atoms with E-state index in [-0.39, 0.29) is 11.7 Å². The average Bonchev–Trinajstić information content (AvgIpc) is 2.63. The summed E-state index contributed by atoms with van der Waals surface area (Å²) in [5.74, 6) is 0.535. The van der Waals surface area contributed by atoms with Crippen LogP contribution in [0.5, 0.6) is 0 Å². The summed E-state index contributed by atoms with van der Waals surface area (Å²) in [6.45, 7) is 3.01. The van der Waals surface area contributed by atoms with Crippen LogP contribution in [0, 0.1) is 0 Å². The van der Waals surface area contributed by atoms with Crippen LogP contribution in [-0.4, -0.2) is 21.7 Å². The molecule has 0 saturated carbocycles. The van der Waals surface area contributed by atoms with Gasteiger partial charge in [0, 0.05) is 35.5 Å².